The Balaban J connectivity index is 1.39. The van der Waals surface area contributed by atoms with Crippen LogP contribution in [-0.2, 0) is 13.5 Å². The first-order valence-corrected chi connectivity index (χ1v) is 9.02. The van der Waals surface area contributed by atoms with Gasteiger partial charge in [-0.05, 0) is 32.6 Å². The molecule has 27 heavy (non-hydrogen) atoms. The third kappa shape index (κ3) is 3.47. The highest BCUT2D eigenvalue weighted by Crippen LogP contribution is 2.25. The van der Waals surface area contributed by atoms with E-state index in [1.54, 1.807) is 23.3 Å². The van der Waals surface area contributed by atoms with Crippen molar-refractivity contribution in [3.63, 3.8) is 0 Å². The van der Waals surface area contributed by atoms with Gasteiger partial charge >= 0.3 is 0 Å². The predicted molar refractivity (Wildman–Crippen MR) is 97.9 cm³/mol. The predicted octanol–water partition coefficient (Wildman–Crippen LogP) is 2.19. The first-order valence-electron chi connectivity index (χ1n) is 9.02. The van der Waals surface area contributed by atoms with Gasteiger partial charge in [0.1, 0.15) is 11.5 Å². The van der Waals surface area contributed by atoms with Crippen LogP contribution in [0.3, 0.4) is 0 Å². The Morgan fingerprint density at radius 3 is 2.74 bits per heavy atom. The highest BCUT2D eigenvalue weighted by Gasteiger charge is 2.28. The molecule has 140 valence electrons. The molecule has 0 N–H and O–H groups in total. The van der Waals surface area contributed by atoms with Gasteiger partial charge in [-0.2, -0.15) is 0 Å². The van der Waals surface area contributed by atoms with Gasteiger partial charge in [-0.1, -0.05) is 5.16 Å². The summed E-state index contributed by atoms with van der Waals surface area (Å²) in [6, 6.07) is 0. The van der Waals surface area contributed by atoms with E-state index in [2.05, 4.69) is 20.1 Å². The summed E-state index contributed by atoms with van der Waals surface area (Å²) in [5.74, 6) is 1.13. The van der Waals surface area contributed by atoms with Crippen molar-refractivity contribution in [2.45, 2.75) is 26.7 Å². The Labute approximate surface area is 157 Å². The maximum Gasteiger partial charge on any atom is 0.274 e. The molecule has 1 aliphatic heterocycles. The number of aromatic nitrogens is 5. The lowest BCUT2D eigenvalue weighted by Gasteiger charge is -2.15. The summed E-state index contributed by atoms with van der Waals surface area (Å²) in [6.45, 7) is 5.25. The SMILES string of the molecule is Cc1noc(C)c1-c1cnc(C[C@H]2CCN(C(=O)c3cn(C)cn3)C2)cn1. The van der Waals surface area contributed by atoms with E-state index in [-0.39, 0.29) is 5.91 Å². The zero-order valence-electron chi connectivity index (χ0n) is 15.7. The normalized spacial score (nSPS) is 16.9. The molecule has 0 aliphatic carbocycles. The Kier molecular flexibility index (Phi) is 4.47. The number of carbonyl (C=O) groups is 1. The molecular formula is C19H22N6O2. The lowest BCUT2D eigenvalue weighted by atomic mass is 10.0. The standard InChI is InChI=1S/C19H22N6O2/c1-12-18(13(2)27-23-12)16-8-20-15(7-21-16)6-14-4-5-25(9-14)19(26)17-10-24(3)11-22-17/h7-8,10-11,14H,4-6,9H2,1-3H3/t14-/m1/s1. The van der Waals surface area contributed by atoms with Crippen molar-refractivity contribution in [3.05, 3.63) is 47.8 Å². The van der Waals surface area contributed by atoms with Gasteiger partial charge in [-0.25, -0.2) is 4.98 Å². The molecule has 4 heterocycles. The number of imidazole rings is 1. The molecule has 1 atom stereocenters. The topological polar surface area (TPSA) is 89.9 Å². The first-order chi connectivity index (χ1) is 13.0. The molecule has 0 saturated carbocycles. The van der Waals surface area contributed by atoms with Crippen LogP contribution in [0.25, 0.3) is 11.3 Å². The van der Waals surface area contributed by atoms with Crippen molar-refractivity contribution in [3.8, 4) is 11.3 Å². The number of aryl methyl sites for hydroxylation is 3. The second kappa shape index (κ2) is 6.94. The van der Waals surface area contributed by atoms with Crippen LogP contribution in [0.4, 0.5) is 0 Å². The molecule has 3 aromatic heterocycles. The molecule has 8 nitrogen and oxygen atoms in total. The molecule has 1 fully saturated rings. The fraction of sp³-hybridized carbons (Fsp3) is 0.421. The summed E-state index contributed by atoms with van der Waals surface area (Å²) in [6.07, 6.45) is 8.76. The Hall–Kier alpha value is -3.03. The van der Waals surface area contributed by atoms with E-state index in [0.717, 1.165) is 54.3 Å². The van der Waals surface area contributed by atoms with Crippen LogP contribution in [-0.4, -0.2) is 48.6 Å². The quantitative estimate of drug-likeness (QED) is 0.703. The van der Waals surface area contributed by atoms with E-state index in [4.69, 9.17) is 4.52 Å². The molecule has 0 spiro atoms. The minimum atomic E-state index is -0.00191. The van der Waals surface area contributed by atoms with Crippen molar-refractivity contribution in [2.75, 3.05) is 13.1 Å². The van der Waals surface area contributed by atoms with E-state index in [9.17, 15) is 4.79 Å². The fourth-order valence-electron chi connectivity index (χ4n) is 3.60. The van der Waals surface area contributed by atoms with E-state index in [1.807, 2.05) is 32.0 Å². The summed E-state index contributed by atoms with van der Waals surface area (Å²) in [7, 11) is 1.86. The maximum absolute atomic E-state index is 12.5. The lowest BCUT2D eigenvalue weighted by Crippen LogP contribution is -2.29. The lowest BCUT2D eigenvalue weighted by molar-refractivity contribution is 0.0781. The smallest absolute Gasteiger partial charge is 0.274 e. The van der Waals surface area contributed by atoms with Gasteiger partial charge < -0.3 is 14.0 Å². The number of hydrogen-bond donors (Lipinski definition) is 0. The largest absolute Gasteiger partial charge is 0.361 e. The Bertz CT molecular complexity index is 939. The average molecular weight is 366 g/mol. The summed E-state index contributed by atoms with van der Waals surface area (Å²) in [4.78, 5) is 27.6. The minimum absolute atomic E-state index is 0.00191. The van der Waals surface area contributed by atoms with Gasteiger partial charge in [0.15, 0.2) is 0 Å². The second-order valence-electron chi connectivity index (χ2n) is 7.13. The van der Waals surface area contributed by atoms with Crippen molar-refractivity contribution < 1.29 is 9.32 Å². The average Bonchev–Trinajstić information content (AvgIpc) is 3.37. The molecule has 0 unspecified atom stereocenters. The number of nitrogens with zero attached hydrogens (tertiary/aromatic N) is 6. The van der Waals surface area contributed by atoms with Gasteiger partial charge in [0.25, 0.3) is 5.91 Å². The second-order valence-corrected chi connectivity index (χ2v) is 7.13. The van der Waals surface area contributed by atoms with Gasteiger partial charge in [0, 0.05) is 32.5 Å². The highest BCUT2D eigenvalue weighted by molar-refractivity contribution is 5.92. The third-order valence-corrected chi connectivity index (χ3v) is 4.99. The highest BCUT2D eigenvalue weighted by atomic mass is 16.5. The molecule has 1 aliphatic rings. The van der Waals surface area contributed by atoms with Crippen LogP contribution in [0, 0.1) is 19.8 Å². The van der Waals surface area contributed by atoms with Gasteiger partial charge in [0.2, 0.25) is 0 Å². The van der Waals surface area contributed by atoms with E-state index in [1.165, 1.54) is 0 Å². The minimum Gasteiger partial charge on any atom is -0.361 e. The summed E-state index contributed by atoms with van der Waals surface area (Å²) >= 11 is 0. The van der Waals surface area contributed by atoms with Gasteiger partial charge in [0.05, 0.1) is 35.2 Å². The number of likely N-dealkylation sites (tertiary alicyclic amines) is 1. The molecule has 1 amide bonds. The fourth-order valence-corrected chi connectivity index (χ4v) is 3.60. The van der Waals surface area contributed by atoms with Crippen LogP contribution in [0.15, 0.2) is 29.4 Å². The third-order valence-electron chi connectivity index (χ3n) is 4.99. The summed E-state index contributed by atoms with van der Waals surface area (Å²) in [5, 5.41) is 3.96. The van der Waals surface area contributed by atoms with Gasteiger partial charge in [-0.3, -0.25) is 14.8 Å². The monoisotopic (exact) mass is 366 g/mol. The number of amides is 1. The molecule has 0 bridgehead atoms. The molecule has 3 aromatic rings. The van der Waals surface area contributed by atoms with E-state index >= 15 is 0 Å². The molecule has 4 rings (SSSR count). The number of rotatable bonds is 4. The molecule has 0 radical (unpaired) electrons. The first kappa shape index (κ1) is 17.4. The van der Waals surface area contributed by atoms with Crippen molar-refractivity contribution in [2.24, 2.45) is 13.0 Å². The summed E-state index contributed by atoms with van der Waals surface area (Å²) in [5.41, 5.74) is 3.92. The van der Waals surface area contributed by atoms with Gasteiger partial charge in [-0.15, -0.1) is 0 Å². The molecule has 1 saturated heterocycles. The van der Waals surface area contributed by atoms with Crippen LogP contribution >= 0.6 is 0 Å². The van der Waals surface area contributed by atoms with Crippen molar-refractivity contribution in [1.29, 1.82) is 0 Å². The zero-order valence-corrected chi connectivity index (χ0v) is 15.7. The van der Waals surface area contributed by atoms with Crippen LogP contribution < -0.4 is 0 Å². The number of carbonyl (C=O) groups excluding carboxylic acids is 1. The van der Waals surface area contributed by atoms with E-state index < -0.39 is 0 Å². The van der Waals surface area contributed by atoms with E-state index in [0.29, 0.717) is 11.6 Å². The Morgan fingerprint density at radius 2 is 2.11 bits per heavy atom. The van der Waals surface area contributed by atoms with Crippen molar-refractivity contribution >= 4 is 5.91 Å². The zero-order chi connectivity index (χ0) is 19.0. The summed E-state index contributed by atoms with van der Waals surface area (Å²) < 4.78 is 6.99. The number of hydrogen-bond acceptors (Lipinski definition) is 6. The van der Waals surface area contributed by atoms with Crippen LogP contribution in [0.5, 0.6) is 0 Å². The Morgan fingerprint density at radius 1 is 1.26 bits per heavy atom. The molecular weight excluding hydrogens is 344 g/mol. The van der Waals surface area contributed by atoms with Crippen LogP contribution in [0.2, 0.25) is 0 Å². The maximum atomic E-state index is 12.5. The molecule has 8 heteroatoms. The van der Waals surface area contributed by atoms with Crippen LogP contribution in [0.1, 0.15) is 34.1 Å². The molecule has 0 aromatic carbocycles. The van der Waals surface area contributed by atoms with Crippen molar-refractivity contribution in [1.82, 2.24) is 29.6 Å².